The molecule has 4 nitrogen and oxygen atoms in total. The third-order valence-electron chi connectivity index (χ3n) is 2.61. The van der Waals surface area contributed by atoms with E-state index < -0.39 is 6.04 Å². The Bertz CT molecular complexity index is 357. The van der Waals surface area contributed by atoms with Crippen molar-refractivity contribution in [2.75, 3.05) is 0 Å². The van der Waals surface area contributed by atoms with Gasteiger partial charge in [-0.05, 0) is 30.9 Å². The maximum absolute atomic E-state index is 11.8. The van der Waals surface area contributed by atoms with E-state index in [9.17, 15) is 4.79 Å². The van der Waals surface area contributed by atoms with Crippen molar-refractivity contribution in [1.29, 1.82) is 0 Å². The quantitative estimate of drug-likeness (QED) is 0.861. The number of hydrogen-bond acceptors (Lipinski definition) is 3. The Morgan fingerprint density at radius 2 is 2.11 bits per heavy atom. The van der Waals surface area contributed by atoms with Gasteiger partial charge >= 0.3 is 0 Å². The maximum atomic E-state index is 11.8. The molecular weight excluding hydrogens is 250 g/mol. The highest BCUT2D eigenvalue weighted by Crippen LogP contribution is 2.10. The van der Waals surface area contributed by atoms with Crippen molar-refractivity contribution < 1.29 is 4.79 Å². The highest BCUT2D eigenvalue weighted by molar-refractivity contribution is 5.85. The lowest BCUT2D eigenvalue weighted by molar-refractivity contribution is -0.123. The molecule has 18 heavy (non-hydrogen) atoms. The van der Waals surface area contributed by atoms with Crippen molar-refractivity contribution in [1.82, 2.24) is 10.3 Å². The molecular formula is C13H22ClN3O. The van der Waals surface area contributed by atoms with Gasteiger partial charge in [-0.15, -0.1) is 12.4 Å². The molecule has 0 radical (unpaired) electrons. The number of hydrogen-bond donors (Lipinski definition) is 2. The van der Waals surface area contributed by atoms with E-state index in [4.69, 9.17) is 5.73 Å². The van der Waals surface area contributed by atoms with E-state index >= 15 is 0 Å². The predicted molar refractivity (Wildman–Crippen MR) is 75.5 cm³/mol. The first-order valence-corrected chi connectivity index (χ1v) is 5.96. The highest BCUT2D eigenvalue weighted by Gasteiger charge is 2.17. The van der Waals surface area contributed by atoms with Gasteiger partial charge < -0.3 is 11.1 Å². The largest absolute Gasteiger partial charge is 0.348 e. The molecule has 1 amide bonds. The van der Waals surface area contributed by atoms with Crippen LogP contribution in [0.25, 0.3) is 0 Å². The fourth-order valence-electron chi connectivity index (χ4n) is 1.65. The van der Waals surface area contributed by atoms with Gasteiger partial charge in [0.1, 0.15) is 0 Å². The van der Waals surface area contributed by atoms with Crippen LogP contribution in [0.1, 0.15) is 38.8 Å². The van der Waals surface area contributed by atoms with Crippen molar-refractivity contribution in [3.63, 3.8) is 0 Å². The van der Waals surface area contributed by atoms with Crippen molar-refractivity contribution in [3.05, 3.63) is 30.1 Å². The molecule has 3 N–H and O–H groups in total. The predicted octanol–water partition coefficient (Wildman–Crippen LogP) is 2.05. The lowest BCUT2D eigenvalue weighted by Gasteiger charge is -2.18. The Kier molecular flexibility index (Phi) is 7.55. The van der Waals surface area contributed by atoms with Crippen LogP contribution in [0, 0.1) is 5.92 Å². The lowest BCUT2D eigenvalue weighted by Crippen LogP contribution is -2.42. The van der Waals surface area contributed by atoms with Crippen LogP contribution in [-0.4, -0.2) is 16.9 Å². The van der Waals surface area contributed by atoms with Crippen molar-refractivity contribution >= 4 is 18.3 Å². The summed E-state index contributed by atoms with van der Waals surface area (Å²) in [4.78, 5) is 15.8. The fourth-order valence-corrected chi connectivity index (χ4v) is 1.65. The molecule has 1 aromatic heterocycles. The minimum atomic E-state index is -0.436. The van der Waals surface area contributed by atoms with E-state index in [0.717, 1.165) is 5.56 Å². The molecule has 102 valence electrons. The standard InChI is InChI=1S/C13H21N3O.ClH/c1-9(2)7-12(14)13(17)16-10(3)11-5-4-6-15-8-11;/h4-6,8-10,12H,7,14H2,1-3H3,(H,16,17);1H/t10?,12-;/m0./s1. The van der Waals surface area contributed by atoms with E-state index in [1.165, 1.54) is 0 Å². The summed E-state index contributed by atoms with van der Waals surface area (Å²) in [6.45, 7) is 6.03. The second-order valence-corrected chi connectivity index (χ2v) is 4.75. The van der Waals surface area contributed by atoms with Gasteiger partial charge in [-0.3, -0.25) is 9.78 Å². The number of aromatic nitrogens is 1. The molecule has 0 spiro atoms. The Labute approximate surface area is 115 Å². The summed E-state index contributed by atoms with van der Waals surface area (Å²) in [6, 6.07) is 3.29. The Hall–Kier alpha value is -1.13. The van der Waals surface area contributed by atoms with Crippen LogP contribution in [-0.2, 0) is 4.79 Å². The first-order valence-electron chi connectivity index (χ1n) is 5.96. The van der Waals surface area contributed by atoms with E-state index in [0.29, 0.717) is 12.3 Å². The van der Waals surface area contributed by atoms with E-state index in [1.807, 2.05) is 19.1 Å². The maximum Gasteiger partial charge on any atom is 0.237 e. The molecule has 0 aliphatic heterocycles. The number of nitrogens with two attached hydrogens (primary N) is 1. The molecule has 0 aliphatic carbocycles. The minimum absolute atomic E-state index is 0. The normalized spacial score (nSPS) is 13.6. The second-order valence-electron chi connectivity index (χ2n) is 4.75. The summed E-state index contributed by atoms with van der Waals surface area (Å²) in [6.07, 6.45) is 4.16. The molecule has 0 fully saturated rings. The molecule has 0 aromatic carbocycles. The number of amides is 1. The van der Waals surface area contributed by atoms with Crippen molar-refractivity contribution in [3.8, 4) is 0 Å². The Morgan fingerprint density at radius 3 is 2.61 bits per heavy atom. The van der Waals surface area contributed by atoms with Crippen LogP contribution in [0.15, 0.2) is 24.5 Å². The molecule has 0 saturated carbocycles. The molecule has 2 atom stereocenters. The van der Waals surface area contributed by atoms with Crippen LogP contribution >= 0.6 is 12.4 Å². The zero-order chi connectivity index (χ0) is 12.8. The van der Waals surface area contributed by atoms with Crippen LogP contribution < -0.4 is 11.1 Å². The monoisotopic (exact) mass is 271 g/mol. The van der Waals surface area contributed by atoms with Crippen LogP contribution in [0.3, 0.4) is 0 Å². The van der Waals surface area contributed by atoms with Crippen LogP contribution in [0.2, 0.25) is 0 Å². The van der Waals surface area contributed by atoms with Gasteiger partial charge in [0.25, 0.3) is 0 Å². The molecule has 1 unspecified atom stereocenters. The summed E-state index contributed by atoms with van der Waals surface area (Å²) in [5.74, 6) is 0.319. The average molecular weight is 272 g/mol. The van der Waals surface area contributed by atoms with Gasteiger partial charge in [-0.25, -0.2) is 0 Å². The summed E-state index contributed by atoms with van der Waals surface area (Å²) < 4.78 is 0. The summed E-state index contributed by atoms with van der Waals surface area (Å²) in [7, 11) is 0. The summed E-state index contributed by atoms with van der Waals surface area (Å²) in [5.41, 5.74) is 6.80. The van der Waals surface area contributed by atoms with Crippen LogP contribution in [0.5, 0.6) is 0 Å². The molecule has 1 heterocycles. The molecule has 0 saturated heterocycles. The van der Waals surface area contributed by atoms with Gasteiger partial charge in [-0.1, -0.05) is 19.9 Å². The third-order valence-corrected chi connectivity index (χ3v) is 2.61. The molecule has 1 rings (SSSR count). The van der Waals surface area contributed by atoms with E-state index in [1.54, 1.807) is 12.4 Å². The fraction of sp³-hybridized carbons (Fsp3) is 0.538. The summed E-state index contributed by atoms with van der Waals surface area (Å²) >= 11 is 0. The van der Waals surface area contributed by atoms with Gasteiger partial charge in [0, 0.05) is 12.4 Å². The number of pyridine rings is 1. The summed E-state index contributed by atoms with van der Waals surface area (Å²) in [5, 5.41) is 2.90. The first kappa shape index (κ1) is 16.9. The third kappa shape index (κ3) is 5.47. The second kappa shape index (κ2) is 8.06. The zero-order valence-corrected chi connectivity index (χ0v) is 11.9. The lowest BCUT2D eigenvalue weighted by atomic mass is 10.0. The van der Waals surface area contributed by atoms with E-state index in [-0.39, 0.29) is 24.4 Å². The molecule has 0 bridgehead atoms. The van der Waals surface area contributed by atoms with Gasteiger partial charge in [-0.2, -0.15) is 0 Å². The van der Waals surface area contributed by atoms with Gasteiger partial charge in [0.05, 0.1) is 12.1 Å². The first-order chi connectivity index (χ1) is 8.00. The Morgan fingerprint density at radius 1 is 1.44 bits per heavy atom. The number of nitrogens with one attached hydrogen (secondary N) is 1. The number of carbonyl (C=O) groups is 1. The van der Waals surface area contributed by atoms with Crippen molar-refractivity contribution in [2.45, 2.75) is 39.3 Å². The molecule has 5 heteroatoms. The Balaban J connectivity index is 0.00000289. The highest BCUT2D eigenvalue weighted by atomic mass is 35.5. The number of rotatable bonds is 5. The van der Waals surface area contributed by atoms with Crippen molar-refractivity contribution in [2.24, 2.45) is 11.7 Å². The molecule has 0 aliphatic rings. The smallest absolute Gasteiger partial charge is 0.237 e. The topological polar surface area (TPSA) is 68.0 Å². The van der Waals surface area contributed by atoms with E-state index in [2.05, 4.69) is 24.1 Å². The van der Waals surface area contributed by atoms with Crippen LogP contribution in [0.4, 0.5) is 0 Å². The number of nitrogens with zero attached hydrogens (tertiary/aromatic N) is 1. The number of carbonyl (C=O) groups excluding carboxylic acids is 1. The molecule has 1 aromatic rings. The van der Waals surface area contributed by atoms with Gasteiger partial charge in [0.15, 0.2) is 0 Å². The number of halogens is 1. The average Bonchev–Trinajstić information content (AvgIpc) is 2.29. The SMILES string of the molecule is CC(C)C[C@H](N)C(=O)NC(C)c1cccnc1.Cl. The van der Waals surface area contributed by atoms with Gasteiger partial charge in [0.2, 0.25) is 5.91 Å². The minimum Gasteiger partial charge on any atom is -0.348 e. The zero-order valence-electron chi connectivity index (χ0n) is 11.1.